The quantitative estimate of drug-likeness (QED) is 0.453. The fourth-order valence-electron chi connectivity index (χ4n) is 2.55. The number of para-hydroxylation sites is 1. The van der Waals surface area contributed by atoms with E-state index in [1.54, 1.807) is 24.3 Å². The van der Waals surface area contributed by atoms with Gasteiger partial charge in [0.15, 0.2) is 0 Å². The molecule has 3 nitrogen and oxygen atoms in total. The Morgan fingerprint density at radius 3 is 2.90 bits per heavy atom. The van der Waals surface area contributed by atoms with Crippen molar-refractivity contribution in [1.82, 2.24) is 14.4 Å². The van der Waals surface area contributed by atoms with E-state index in [4.69, 9.17) is 12.3 Å². The molecule has 0 aliphatic carbocycles. The van der Waals surface area contributed by atoms with E-state index in [9.17, 15) is 0 Å². The van der Waals surface area contributed by atoms with E-state index < -0.39 is 31.9 Å². The van der Waals surface area contributed by atoms with Gasteiger partial charge in [-0.05, 0) is 38.3 Å². The summed E-state index contributed by atoms with van der Waals surface area (Å²) in [4.78, 5) is 8.46. The van der Waals surface area contributed by atoms with E-state index in [-0.39, 0.29) is 16.6 Å². The van der Waals surface area contributed by atoms with Crippen molar-refractivity contribution in [1.29, 1.82) is 0 Å². The van der Waals surface area contributed by atoms with Crippen molar-refractivity contribution in [2.24, 2.45) is 0 Å². The molecule has 3 heterocycles. The Morgan fingerprint density at radius 2 is 2.05 bits per heavy atom. The summed E-state index contributed by atoms with van der Waals surface area (Å²) in [6.45, 7) is -7.96. The van der Waals surface area contributed by atoms with E-state index in [0.717, 1.165) is 0 Å². The number of nitrogens with zero attached hydrogens (tertiary/aromatic N) is 3. The average molecular weight is 270 g/mol. The van der Waals surface area contributed by atoms with Gasteiger partial charge in [-0.25, -0.2) is 4.98 Å². The maximum absolute atomic E-state index is 7.93. The zero-order valence-corrected chi connectivity index (χ0v) is 10.3. The van der Waals surface area contributed by atoms with Crippen molar-refractivity contribution in [2.75, 3.05) is 0 Å². The van der Waals surface area contributed by atoms with Crippen molar-refractivity contribution in [3.8, 4) is 0 Å². The van der Waals surface area contributed by atoms with Crippen LogP contribution in [0.15, 0.2) is 36.5 Å². The van der Waals surface area contributed by atoms with Crippen molar-refractivity contribution >= 4 is 27.5 Å². The molecule has 3 aromatic heterocycles. The number of aryl methyl sites for hydroxylation is 3. The van der Waals surface area contributed by atoms with Gasteiger partial charge >= 0.3 is 0 Å². The van der Waals surface area contributed by atoms with Crippen LogP contribution in [0, 0.1) is 20.6 Å². The highest BCUT2D eigenvalue weighted by Crippen LogP contribution is 2.29. The molecule has 3 heteroatoms. The van der Waals surface area contributed by atoms with Gasteiger partial charge in [-0.1, -0.05) is 18.2 Å². The van der Waals surface area contributed by atoms with Gasteiger partial charge in [0.25, 0.3) is 0 Å². The van der Waals surface area contributed by atoms with Gasteiger partial charge in [-0.3, -0.25) is 9.38 Å². The molecule has 0 fully saturated rings. The third-order valence-corrected chi connectivity index (χ3v) is 3.41. The molecule has 0 aliphatic heterocycles. The van der Waals surface area contributed by atoms with Crippen molar-refractivity contribution in [3.63, 3.8) is 0 Å². The summed E-state index contributed by atoms with van der Waals surface area (Å²) in [6.07, 6.45) is 1.25. The maximum Gasteiger partial charge on any atom is 0.147 e. The van der Waals surface area contributed by atoms with Gasteiger partial charge in [0.2, 0.25) is 0 Å². The normalized spacial score (nSPS) is 20.3. The van der Waals surface area contributed by atoms with E-state index in [1.165, 1.54) is 16.7 Å². The lowest BCUT2D eigenvalue weighted by molar-refractivity contribution is 1.14. The van der Waals surface area contributed by atoms with Crippen LogP contribution in [0.1, 0.15) is 29.3 Å². The Labute approximate surface area is 129 Å². The first kappa shape index (κ1) is 5.52. The summed E-state index contributed by atoms with van der Waals surface area (Å²) in [7, 11) is 0. The Balaban J connectivity index is 2.33. The highest BCUT2D eigenvalue weighted by Gasteiger charge is 2.14. The molecule has 0 unspecified atom stereocenters. The first-order chi connectivity index (χ1) is 13.3. The first-order valence-electron chi connectivity index (χ1n) is 10.5. The smallest absolute Gasteiger partial charge is 0.147 e. The zero-order chi connectivity index (χ0) is 21.4. The molecule has 0 aliphatic rings. The monoisotopic (exact) mass is 270 g/mol. The van der Waals surface area contributed by atoms with E-state index in [0.29, 0.717) is 16.4 Å². The number of pyridine rings is 2. The van der Waals surface area contributed by atoms with Crippen LogP contribution in [-0.4, -0.2) is 14.4 Å². The lowest BCUT2D eigenvalue weighted by Crippen LogP contribution is -1.95. The molecule has 0 saturated heterocycles. The Bertz CT molecular complexity index is 1260. The second kappa shape index (κ2) is 3.79. The second-order valence-corrected chi connectivity index (χ2v) is 4.61. The summed E-state index contributed by atoms with van der Waals surface area (Å²) < 4.78 is 71.4. The molecule has 0 N–H and O–H groups in total. The molecule has 98 valence electrons. The number of rotatable bonds is 0. The van der Waals surface area contributed by atoms with Crippen LogP contribution in [0.4, 0.5) is 0 Å². The summed E-state index contributed by atoms with van der Waals surface area (Å²) in [5, 5.41) is 0.838. The van der Waals surface area contributed by atoms with Crippen LogP contribution in [0.25, 0.3) is 27.5 Å². The van der Waals surface area contributed by atoms with Gasteiger partial charge in [0, 0.05) is 35.0 Å². The van der Waals surface area contributed by atoms with Crippen LogP contribution < -0.4 is 0 Å². The lowest BCUT2D eigenvalue weighted by atomic mass is 10.1. The highest BCUT2D eigenvalue weighted by atomic mass is 15.0. The van der Waals surface area contributed by atoms with Crippen LogP contribution >= 0.6 is 0 Å². The molecular formula is C17H15N3. The fraction of sp³-hybridized carbons (Fsp3) is 0.176. The highest BCUT2D eigenvalue weighted by molar-refractivity contribution is 6.09. The van der Waals surface area contributed by atoms with Crippen molar-refractivity contribution < 1.29 is 12.3 Å². The minimum Gasteiger partial charge on any atom is -0.296 e. The third kappa shape index (κ3) is 1.35. The summed E-state index contributed by atoms with van der Waals surface area (Å²) in [6, 6.07) is 8.18. The standard InChI is InChI=1S/C17H15N3/c1-10-8-14-16(18-9-10)13-6-4-5-7-15(13)20-12(3)11(2)19-17(14)20/h4-9H,1-3H3/i1D3,2D3,3D3. The summed E-state index contributed by atoms with van der Waals surface area (Å²) >= 11 is 0. The van der Waals surface area contributed by atoms with Crippen LogP contribution in [0.5, 0.6) is 0 Å². The average Bonchev–Trinajstić information content (AvgIpc) is 3.02. The van der Waals surface area contributed by atoms with Crippen molar-refractivity contribution in [3.05, 3.63) is 53.5 Å². The zero-order valence-electron chi connectivity index (χ0n) is 19.3. The van der Waals surface area contributed by atoms with Gasteiger partial charge in [0.05, 0.1) is 16.7 Å². The summed E-state index contributed by atoms with van der Waals surface area (Å²) in [5.74, 6) is 0. The third-order valence-electron chi connectivity index (χ3n) is 3.41. The number of aromatic nitrogens is 3. The molecule has 0 amide bonds. The van der Waals surface area contributed by atoms with Gasteiger partial charge < -0.3 is 0 Å². The second-order valence-electron chi connectivity index (χ2n) is 4.61. The van der Waals surface area contributed by atoms with E-state index >= 15 is 0 Å². The molecule has 0 bridgehead atoms. The molecule has 20 heavy (non-hydrogen) atoms. The summed E-state index contributed by atoms with van der Waals surface area (Å²) in [5.41, 5.74) is -0.0940. The van der Waals surface area contributed by atoms with Crippen LogP contribution in [0.3, 0.4) is 0 Å². The molecule has 1 aromatic carbocycles. The Hall–Kier alpha value is -2.42. The van der Waals surface area contributed by atoms with Gasteiger partial charge in [-0.15, -0.1) is 0 Å². The topological polar surface area (TPSA) is 30.2 Å². The number of hydrogen-bond donors (Lipinski definition) is 0. The number of hydrogen-bond acceptors (Lipinski definition) is 2. The van der Waals surface area contributed by atoms with Crippen LogP contribution in [-0.2, 0) is 0 Å². The predicted octanol–water partition coefficient (Wildman–Crippen LogP) is 3.96. The molecule has 0 atom stereocenters. The molecule has 4 aromatic rings. The first-order valence-corrected chi connectivity index (χ1v) is 6.04. The molecule has 0 saturated carbocycles. The van der Waals surface area contributed by atoms with E-state index in [1.807, 2.05) is 0 Å². The number of imidazole rings is 1. The number of benzene rings is 1. The van der Waals surface area contributed by atoms with Crippen molar-refractivity contribution in [2.45, 2.75) is 20.6 Å². The molecule has 0 spiro atoms. The maximum atomic E-state index is 7.93. The van der Waals surface area contributed by atoms with Crippen LogP contribution in [0.2, 0.25) is 0 Å². The minimum absolute atomic E-state index is 0.0453. The lowest BCUT2D eigenvalue weighted by Gasteiger charge is -2.09. The Morgan fingerprint density at radius 1 is 1.10 bits per heavy atom. The predicted molar refractivity (Wildman–Crippen MR) is 82.2 cm³/mol. The van der Waals surface area contributed by atoms with Gasteiger partial charge in [-0.2, -0.15) is 0 Å². The molecule has 4 rings (SSSR count). The SMILES string of the molecule is [2H]C([2H])([2H])c1cnc2c3ccccc3n3c(C([2H])([2H])[2H])c(C([2H])([2H])[2H])nc3c2c1. The van der Waals surface area contributed by atoms with E-state index in [2.05, 4.69) is 9.97 Å². The minimum atomic E-state index is -2.77. The Kier molecular flexibility index (Phi) is 1.05. The molecular weight excluding hydrogens is 246 g/mol. The largest absolute Gasteiger partial charge is 0.296 e. The molecule has 0 radical (unpaired) electrons. The number of fused-ring (bicyclic) bond motifs is 6. The van der Waals surface area contributed by atoms with Gasteiger partial charge in [0.1, 0.15) is 5.65 Å². The fourth-order valence-corrected chi connectivity index (χ4v) is 2.55.